The van der Waals surface area contributed by atoms with Crippen LogP contribution in [0.25, 0.3) is 0 Å². The zero-order valence-corrected chi connectivity index (χ0v) is 12.7. The summed E-state index contributed by atoms with van der Waals surface area (Å²) in [6.07, 6.45) is 5.24. The molecule has 106 valence electrons. The first-order chi connectivity index (χ1) is 9.15. The molecule has 0 spiro atoms. The Hall–Kier alpha value is -0.860. The van der Waals surface area contributed by atoms with Gasteiger partial charge in [-0.25, -0.2) is 0 Å². The van der Waals surface area contributed by atoms with Crippen molar-refractivity contribution in [2.45, 2.75) is 45.6 Å². The zero-order valence-electron chi connectivity index (χ0n) is 12.7. The normalized spacial score (nSPS) is 19.9. The van der Waals surface area contributed by atoms with Gasteiger partial charge in [0.15, 0.2) is 0 Å². The summed E-state index contributed by atoms with van der Waals surface area (Å²) in [4.78, 5) is 2.47. The molecule has 1 atom stereocenters. The van der Waals surface area contributed by atoms with Crippen LogP contribution in [0.15, 0.2) is 18.2 Å². The van der Waals surface area contributed by atoms with Crippen molar-refractivity contribution in [3.8, 4) is 0 Å². The summed E-state index contributed by atoms with van der Waals surface area (Å²) >= 11 is 0. The zero-order chi connectivity index (χ0) is 13.7. The predicted octanol–water partition coefficient (Wildman–Crippen LogP) is 2.92. The van der Waals surface area contributed by atoms with Crippen LogP contribution >= 0.6 is 0 Å². The fourth-order valence-electron chi connectivity index (χ4n) is 2.83. The van der Waals surface area contributed by atoms with E-state index in [-0.39, 0.29) is 0 Å². The lowest BCUT2D eigenvalue weighted by Crippen LogP contribution is -2.42. The lowest BCUT2D eigenvalue weighted by atomic mass is 10.0. The van der Waals surface area contributed by atoms with Crippen LogP contribution in [-0.2, 0) is 6.42 Å². The highest BCUT2D eigenvalue weighted by Crippen LogP contribution is 2.11. The molecule has 0 aromatic heterocycles. The maximum Gasteiger partial charge on any atom is 0.0194 e. The van der Waals surface area contributed by atoms with E-state index in [0.29, 0.717) is 6.04 Å². The highest BCUT2D eigenvalue weighted by molar-refractivity contribution is 5.30. The van der Waals surface area contributed by atoms with E-state index >= 15 is 0 Å². The smallest absolute Gasteiger partial charge is 0.0194 e. The number of rotatable bonds is 5. The molecule has 1 aromatic rings. The average molecular weight is 260 g/mol. The van der Waals surface area contributed by atoms with Gasteiger partial charge in [-0.15, -0.1) is 0 Å². The van der Waals surface area contributed by atoms with Crippen molar-refractivity contribution in [1.29, 1.82) is 0 Å². The Morgan fingerprint density at radius 3 is 2.74 bits per heavy atom. The average Bonchev–Trinajstić information content (AvgIpc) is 2.41. The number of hydrogen-bond donors (Lipinski definition) is 1. The third kappa shape index (κ3) is 4.63. The molecule has 1 aliphatic heterocycles. The van der Waals surface area contributed by atoms with E-state index in [0.717, 1.165) is 13.0 Å². The number of hydrogen-bond acceptors (Lipinski definition) is 2. The molecular formula is C17H28N2. The van der Waals surface area contributed by atoms with Gasteiger partial charge in [0.05, 0.1) is 0 Å². The van der Waals surface area contributed by atoms with Gasteiger partial charge < -0.3 is 10.2 Å². The van der Waals surface area contributed by atoms with Crippen molar-refractivity contribution in [3.05, 3.63) is 34.9 Å². The monoisotopic (exact) mass is 260 g/mol. The fraction of sp³-hybridized carbons (Fsp3) is 0.647. The maximum atomic E-state index is 3.62. The molecule has 1 saturated heterocycles. The van der Waals surface area contributed by atoms with Crippen LogP contribution in [0.3, 0.4) is 0 Å². The lowest BCUT2D eigenvalue weighted by Gasteiger charge is -2.28. The summed E-state index contributed by atoms with van der Waals surface area (Å²) in [6.45, 7) is 7.93. The van der Waals surface area contributed by atoms with Crippen molar-refractivity contribution < 1.29 is 0 Å². The summed E-state index contributed by atoms with van der Waals surface area (Å²) < 4.78 is 0. The molecule has 1 aromatic carbocycles. The standard InChI is InChI=1S/C17H28N2/c1-14-7-8-16(12-15(14)2)9-11-19(3)13-17-6-4-5-10-18-17/h7-8,12,17-18H,4-6,9-11,13H2,1-3H3. The van der Waals surface area contributed by atoms with Crippen molar-refractivity contribution >= 4 is 0 Å². The molecule has 1 aliphatic rings. The van der Waals surface area contributed by atoms with Crippen LogP contribution in [0.4, 0.5) is 0 Å². The first kappa shape index (κ1) is 14.5. The van der Waals surface area contributed by atoms with Crippen LogP contribution in [0.5, 0.6) is 0 Å². The number of benzene rings is 1. The number of nitrogens with one attached hydrogen (secondary N) is 1. The summed E-state index contributed by atoms with van der Waals surface area (Å²) in [5.74, 6) is 0. The summed E-state index contributed by atoms with van der Waals surface area (Å²) in [5, 5.41) is 3.62. The topological polar surface area (TPSA) is 15.3 Å². The van der Waals surface area contributed by atoms with E-state index in [9.17, 15) is 0 Å². The van der Waals surface area contributed by atoms with Gasteiger partial charge in [0.2, 0.25) is 0 Å². The first-order valence-electron chi connectivity index (χ1n) is 7.63. The van der Waals surface area contributed by atoms with E-state index < -0.39 is 0 Å². The maximum absolute atomic E-state index is 3.62. The highest BCUT2D eigenvalue weighted by Gasteiger charge is 2.14. The van der Waals surface area contributed by atoms with Crippen LogP contribution in [0.1, 0.15) is 36.0 Å². The van der Waals surface area contributed by atoms with Crippen molar-refractivity contribution in [1.82, 2.24) is 10.2 Å². The molecule has 1 heterocycles. The lowest BCUT2D eigenvalue weighted by molar-refractivity contribution is 0.264. The Morgan fingerprint density at radius 2 is 2.05 bits per heavy atom. The van der Waals surface area contributed by atoms with E-state index in [1.54, 1.807) is 0 Å². The van der Waals surface area contributed by atoms with Crippen LogP contribution in [0.2, 0.25) is 0 Å². The van der Waals surface area contributed by atoms with Gasteiger partial charge in [-0.1, -0.05) is 24.6 Å². The Kier molecular flexibility index (Phi) is 5.41. The van der Waals surface area contributed by atoms with E-state index in [4.69, 9.17) is 0 Å². The second kappa shape index (κ2) is 7.06. The summed E-state index contributed by atoms with van der Waals surface area (Å²) in [5.41, 5.74) is 4.27. The van der Waals surface area contributed by atoms with Gasteiger partial charge in [-0.3, -0.25) is 0 Å². The molecular weight excluding hydrogens is 232 g/mol. The van der Waals surface area contributed by atoms with Gasteiger partial charge in [-0.05, 0) is 63.4 Å². The van der Waals surface area contributed by atoms with Crippen molar-refractivity contribution in [2.24, 2.45) is 0 Å². The van der Waals surface area contributed by atoms with Crippen molar-refractivity contribution in [3.63, 3.8) is 0 Å². The number of nitrogens with zero attached hydrogens (tertiary/aromatic N) is 1. The third-order valence-corrected chi connectivity index (χ3v) is 4.30. The molecule has 2 nitrogen and oxygen atoms in total. The highest BCUT2D eigenvalue weighted by atomic mass is 15.1. The minimum absolute atomic E-state index is 0.707. The van der Waals surface area contributed by atoms with Gasteiger partial charge in [0.1, 0.15) is 0 Å². The summed E-state index contributed by atoms with van der Waals surface area (Å²) in [6, 6.07) is 7.56. The van der Waals surface area contributed by atoms with Crippen LogP contribution in [0, 0.1) is 13.8 Å². The van der Waals surface area contributed by atoms with Gasteiger partial charge in [-0.2, -0.15) is 0 Å². The molecule has 1 N–H and O–H groups in total. The molecule has 0 aliphatic carbocycles. The van der Waals surface area contributed by atoms with Gasteiger partial charge >= 0.3 is 0 Å². The molecule has 0 radical (unpaired) electrons. The molecule has 1 unspecified atom stereocenters. The van der Waals surface area contributed by atoms with Gasteiger partial charge in [0, 0.05) is 19.1 Å². The van der Waals surface area contributed by atoms with E-state index in [1.165, 1.54) is 49.0 Å². The van der Waals surface area contributed by atoms with Crippen LogP contribution < -0.4 is 5.32 Å². The molecule has 2 heteroatoms. The Morgan fingerprint density at radius 1 is 1.21 bits per heavy atom. The SMILES string of the molecule is Cc1ccc(CCN(C)CC2CCCCN2)cc1C. The second-order valence-corrected chi connectivity index (χ2v) is 6.08. The van der Waals surface area contributed by atoms with E-state index in [2.05, 4.69) is 49.3 Å². The van der Waals surface area contributed by atoms with Crippen molar-refractivity contribution in [2.75, 3.05) is 26.7 Å². The number of aryl methyl sites for hydroxylation is 2. The Balaban J connectivity index is 1.75. The molecule has 2 rings (SSSR count). The molecule has 0 amide bonds. The summed E-state index contributed by atoms with van der Waals surface area (Å²) in [7, 11) is 2.25. The number of likely N-dealkylation sites (N-methyl/N-ethyl adjacent to an activating group) is 1. The van der Waals surface area contributed by atoms with E-state index in [1.807, 2.05) is 0 Å². The Bertz CT molecular complexity index is 394. The number of piperidine rings is 1. The minimum atomic E-state index is 0.707. The fourth-order valence-corrected chi connectivity index (χ4v) is 2.83. The first-order valence-corrected chi connectivity index (χ1v) is 7.63. The molecule has 1 fully saturated rings. The predicted molar refractivity (Wildman–Crippen MR) is 82.8 cm³/mol. The Labute approximate surface area is 118 Å². The molecule has 0 bridgehead atoms. The molecule has 0 saturated carbocycles. The largest absolute Gasteiger partial charge is 0.313 e. The minimum Gasteiger partial charge on any atom is -0.313 e. The second-order valence-electron chi connectivity index (χ2n) is 6.08. The quantitative estimate of drug-likeness (QED) is 0.875. The van der Waals surface area contributed by atoms with Gasteiger partial charge in [0.25, 0.3) is 0 Å². The van der Waals surface area contributed by atoms with Crippen LogP contribution in [-0.4, -0.2) is 37.6 Å². The third-order valence-electron chi connectivity index (χ3n) is 4.30. The molecule has 19 heavy (non-hydrogen) atoms.